The maximum absolute atomic E-state index is 13.1. The van der Waals surface area contributed by atoms with E-state index in [0.717, 1.165) is 55.3 Å². The summed E-state index contributed by atoms with van der Waals surface area (Å²) in [6, 6.07) is 14.1. The fourth-order valence-corrected chi connectivity index (χ4v) is 4.47. The van der Waals surface area contributed by atoms with Gasteiger partial charge >= 0.3 is 0 Å². The van der Waals surface area contributed by atoms with Gasteiger partial charge in [0.2, 0.25) is 0 Å². The lowest BCUT2D eigenvalue weighted by Crippen LogP contribution is -2.58. The van der Waals surface area contributed by atoms with Crippen LogP contribution in [0.5, 0.6) is 0 Å². The van der Waals surface area contributed by atoms with Crippen LogP contribution < -0.4 is 0 Å². The quantitative estimate of drug-likeness (QED) is 0.859. The third-order valence-corrected chi connectivity index (χ3v) is 5.70. The molecule has 0 N–H and O–H groups in total. The zero-order valence-corrected chi connectivity index (χ0v) is 14.7. The van der Waals surface area contributed by atoms with Crippen molar-refractivity contribution in [2.24, 2.45) is 5.41 Å². The Balaban J connectivity index is 1.58. The molecule has 4 heteroatoms. The Kier molecular flexibility index (Phi) is 4.48. The van der Waals surface area contributed by atoms with Crippen molar-refractivity contribution in [3.05, 3.63) is 48.0 Å². The summed E-state index contributed by atoms with van der Waals surface area (Å²) < 4.78 is 11.5. The average molecular weight is 339 g/mol. The van der Waals surface area contributed by atoms with E-state index in [1.807, 2.05) is 35.2 Å². The normalized spacial score (nSPS) is 26.4. The van der Waals surface area contributed by atoms with Crippen LogP contribution in [0.25, 0.3) is 10.8 Å². The number of benzene rings is 2. The van der Waals surface area contributed by atoms with E-state index in [9.17, 15) is 4.79 Å². The first-order valence-electron chi connectivity index (χ1n) is 9.10. The smallest absolute Gasteiger partial charge is 0.253 e. The van der Waals surface area contributed by atoms with Gasteiger partial charge in [0, 0.05) is 37.8 Å². The number of piperidine rings is 1. The number of nitrogens with zero attached hydrogens (tertiary/aromatic N) is 1. The third kappa shape index (κ3) is 3.05. The monoisotopic (exact) mass is 339 g/mol. The minimum Gasteiger partial charge on any atom is -0.384 e. The van der Waals surface area contributed by atoms with Gasteiger partial charge in [0.25, 0.3) is 5.91 Å². The zero-order valence-electron chi connectivity index (χ0n) is 14.7. The molecule has 2 saturated heterocycles. The van der Waals surface area contributed by atoms with Crippen molar-refractivity contribution >= 4 is 16.7 Å². The number of carbonyl (C=O) groups is 1. The lowest BCUT2D eigenvalue weighted by Gasteiger charge is -2.50. The van der Waals surface area contributed by atoms with Gasteiger partial charge in [-0.15, -0.1) is 0 Å². The molecule has 2 aliphatic heterocycles. The Morgan fingerprint density at radius 2 is 2.12 bits per heavy atom. The summed E-state index contributed by atoms with van der Waals surface area (Å²) in [5.74, 6) is 0.116. The lowest BCUT2D eigenvalue weighted by atomic mass is 9.73. The van der Waals surface area contributed by atoms with Crippen molar-refractivity contribution in [1.82, 2.24) is 4.90 Å². The van der Waals surface area contributed by atoms with Gasteiger partial charge in [0.1, 0.15) is 0 Å². The van der Waals surface area contributed by atoms with E-state index in [4.69, 9.17) is 9.47 Å². The second-order valence-electron chi connectivity index (χ2n) is 7.34. The number of rotatable bonds is 3. The molecular formula is C21H25NO3. The molecular weight excluding hydrogens is 314 g/mol. The Hall–Kier alpha value is -1.91. The maximum Gasteiger partial charge on any atom is 0.253 e. The molecule has 0 aromatic heterocycles. The summed E-state index contributed by atoms with van der Waals surface area (Å²) in [7, 11) is 1.74. The minimum atomic E-state index is -0.0578. The highest BCUT2D eigenvalue weighted by Gasteiger charge is 2.47. The first kappa shape index (κ1) is 16.6. The molecule has 25 heavy (non-hydrogen) atoms. The number of hydrogen-bond acceptors (Lipinski definition) is 3. The third-order valence-electron chi connectivity index (χ3n) is 5.70. The van der Waals surface area contributed by atoms with Gasteiger partial charge in [-0.2, -0.15) is 0 Å². The topological polar surface area (TPSA) is 38.8 Å². The van der Waals surface area contributed by atoms with Crippen molar-refractivity contribution in [3.8, 4) is 0 Å². The number of amides is 1. The maximum atomic E-state index is 13.1. The molecule has 0 radical (unpaired) electrons. The number of likely N-dealkylation sites (tertiary alicyclic amines) is 1. The summed E-state index contributed by atoms with van der Waals surface area (Å²) in [5, 5.41) is 2.27. The van der Waals surface area contributed by atoms with E-state index in [1.54, 1.807) is 7.11 Å². The van der Waals surface area contributed by atoms with Crippen molar-refractivity contribution in [3.63, 3.8) is 0 Å². The van der Waals surface area contributed by atoms with Crippen LogP contribution in [-0.4, -0.2) is 50.3 Å². The fourth-order valence-electron chi connectivity index (χ4n) is 4.47. The number of methoxy groups -OCH3 is 1. The van der Waals surface area contributed by atoms with Gasteiger partial charge in [-0.25, -0.2) is 0 Å². The molecule has 0 aliphatic carbocycles. The van der Waals surface area contributed by atoms with E-state index in [1.165, 1.54) is 0 Å². The predicted octanol–water partition coefficient (Wildman–Crippen LogP) is 3.50. The fraction of sp³-hybridized carbons (Fsp3) is 0.476. The van der Waals surface area contributed by atoms with Crippen LogP contribution in [0.3, 0.4) is 0 Å². The van der Waals surface area contributed by atoms with Gasteiger partial charge < -0.3 is 14.4 Å². The Morgan fingerprint density at radius 1 is 1.28 bits per heavy atom. The van der Waals surface area contributed by atoms with Crippen LogP contribution in [0.4, 0.5) is 0 Å². The lowest BCUT2D eigenvalue weighted by molar-refractivity contribution is -0.142. The molecule has 4 nitrogen and oxygen atoms in total. The van der Waals surface area contributed by atoms with Crippen LogP contribution in [0.2, 0.25) is 0 Å². The van der Waals surface area contributed by atoms with Gasteiger partial charge in [-0.1, -0.05) is 30.3 Å². The van der Waals surface area contributed by atoms with Gasteiger partial charge in [-0.05, 0) is 42.2 Å². The number of hydrogen-bond donors (Lipinski definition) is 0. The van der Waals surface area contributed by atoms with Crippen LogP contribution in [0.1, 0.15) is 29.6 Å². The van der Waals surface area contributed by atoms with E-state index in [0.29, 0.717) is 6.61 Å². The molecule has 2 aromatic rings. The molecule has 0 saturated carbocycles. The molecule has 2 aliphatic rings. The second kappa shape index (κ2) is 6.77. The molecule has 2 atom stereocenters. The molecule has 4 rings (SSSR count). The standard InChI is InChI=1S/C21H25NO3/c1-24-15-21-10-4-12-25-19(21)9-11-22(14-21)20(23)18-8-7-16-5-2-3-6-17(16)13-18/h2-3,5-8,13,19H,4,9-12,14-15H2,1H3/t19-,21-/m1/s1. The average Bonchev–Trinajstić information content (AvgIpc) is 2.66. The summed E-state index contributed by atoms with van der Waals surface area (Å²) in [5.41, 5.74) is 0.707. The number of fused-ring (bicyclic) bond motifs is 2. The molecule has 132 valence electrons. The summed E-state index contributed by atoms with van der Waals surface area (Å²) in [4.78, 5) is 15.1. The summed E-state index contributed by atoms with van der Waals surface area (Å²) in [6.45, 7) is 2.95. The Bertz CT molecular complexity index is 771. The number of carbonyl (C=O) groups excluding carboxylic acids is 1. The minimum absolute atomic E-state index is 0.0578. The summed E-state index contributed by atoms with van der Waals surface area (Å²) >= 11 is 0. The molecule has 2 aromatic carbocycles. The van der Waals surface area contributed by atoms with E-state index >= 15 is 0 Å². The Morgan fingerprint density at radius 3 is 2.96 bits per heavy atom. The van der Waals surface area contributed by atoms with Gasteiger partial charge in [-0.3, -0.25) is 4.79 Å². The molecule has 0 unspecified atom stereocenters. The van der Waals surface area contributed by atoms with E-state index in [-0.39, 0.29) is 17.4 Å². The van der Waals surface area contributed by atoms with E-state index < -0.39 is 0 Å². The molecule has 0 bridgehead atoms. The largest absolute Gasteiger partial charge is 0.384 e. The van der Waals surface area contributed by atoms with E-state index in [2.05, 4.69) is 12.1 Å². The van der Waals surface area contributed by atoms with Gasteiger partial charge in [0.15, 0.2) is 0 Å². The van der Waals surface area contributed by atoms with Crippen LogP contribution in [0.15, 0.2) is 42.5 Å². The van der Waals surface area contributed by atoms with Crippen molar-refractivity contribution in [1.29, 1.82) is 0 Å². The number of ether oxygens (including phenoxy) is 2. The molecule has 2 heterocycles. The second-order valence-corrected chi connectivity index (χ2v) is 7.34. The molecule has 0 spiro atoms. The zero-order chi connectivity index (χ0) is 17.3. The highest BCUT2D eigenvalue weighted by Crippen LogP contribution is 2.40. The first-order chi connectivity index (χ1) is 12.2. The summed E-state index contributed by atoms with van der Waals surface area (Å²) in [6.07, 6.45) is 3.20. The molecule has 1 amide bonds. The Labute approximate surface area is 148 Å². The van der Waals surface area contributed by atoms with Crippen LogP contribution in [-0.2, 0) is 9.47 Å². The van der Waals surface area contributed by atoms with Crippen molar-refractivity contribution in [2.75, 3.05) is 33.4 Å². The van der Waals surface area contributed by atoms with Crippen molar-refractivity contribution < 1.29 is 14.3 Å². The SMILES string of the molecule is COC[C@]12CCCO[C@@H]1CCN(C(=O)c1ccc3ccccc3c1)C2. The first-order valence-corrected chi connectivity index (χ1v) is 9.10. The highest BCUT2D eigenvalue weighted by atomic mass is 16.5. The molecule has 2 fully saturated rings. The van der Waals surface area contributed by atoms with Crippen LogP contribution >= 0.6 is 0 Å². The van der Waals surface area contributed by atoms with Crippen LogP contribution in [0, 0.1) is 5.41 Å². The van der Waals surface area contributed by atoms with Crippen molar-refractivity contribution in [2.45, 2.75) is 25.4 Å². The highest BCUT2D eigenvalue weighted by molar-refractivity contribution is 5.98. The van der Waals surface area contributed by atoms with Gasteiger partial charge in [0.05, 0.1) is 12.7 Å². The predicted molar refractivity (Wildman–Crippen MR) is 97.8 cm³/mol.